The Morgan fingerprint density at radius 1 is 1.36 bits per heavy atom. The van der Waals surface area contributed by atoms with Gasteiger partial charge in [0, 0.05) is 57.9 Å². The number of aliphatic imine (C=N–C) groups is 1. The van der Waals surface area contributed by atoms with Crippen LogP contribution in [0.5, 0.6) is 0 Å². The average Bonchev–Trinajstić information content (AvgIpc) is 3.07. The predicted molar refractivity (Wildman–Crippen MR) is 112 cm³/mol. The molecular formula is C17H34IN5O2. The third kappa shape index (κ3) is 5.96. The first-order chi connectivity index (χ1) is 11.5. The highest BCUT2D eigenvalue weighted by atomic mass is 127. The van der Waals surface area contributed by atoms with Crippen LogP contribution >= 0.6 is 24.0 Å². The number of nitrogens with zero attached hydrogens (tertiary/aromatic N) is 3. The van der Waals surface area contributed by atoms with E-state index in [-0.39, 0.29) is 41.5 Å². The van der Waals surface area contributed by atoms with E-state index in [9.17, 15) is 4.79 Å². The lowest BCUT2D eigenvalue weighted by molar-refractivity contribution is -0.129. The molecule has 2 saturated heterocycles. The Bertz CT molecular complexity index is 452. The molecule has 7 nitrogen and oxygen atoms in total. The molecule has 0 spiro atoms. The summed E-state index contributed by atoms with van der Waals surface area (Å²) in [6.45, 7) is 5.97. The minimum atomic E-state index is 0. The number of hydrogen-bond donors (Lipinski definition) is 2. The van der Waals surface area contributed by atoms with Crippen LogP contribution in [0.1, 0.15) is 32.6 Å². The lowest BCUT2D eigenvalue weighted by Crippen LogP contribution is -2.57. The summed E-state index contributed by atoms with van der Waals surface area (Å²) in [7, 11) is 6.06. The van der Waals surface area contributed by atoms with Gasteiger partial charge >= 0.3 is 0 Å². The molecule has 0 saturated carbocycles. The summed E-state index contributed by atoms with van der Waals surface area (Å²) >= 11 is 0. The molecule has 1 amide bonds. The van der Waals surface area contributed by atoms with Crippen LogP contribution in [0.4, 0.5) is 0 Å². The molecule has 146 valence electrons. The maximum Gasteiger partial charge on any atom is 0.222 e. The standard InChI is InChI=1S/C17H33N5O2.HI/c1-5-15(23)22-9-6-14(12-22)20-16(18-2)19-13-17(21(3)4)7-10-24-11-8-17;/h14H,5-13H2,1-4H3,(H2,18,19,20);1H. The number of carbonyl (C=O) groups is 1. The molecular weight excluding hydrogens is 433 g/mol. The van der Waals surface area contributed by atoms with Gasteiger partial charge in [0.25, 0.3) is 0 Å². The maximum atomic E-state index is 11.8. The smallest absolute Gasteiger partial charge is 0.222 e. The van der Waals surface area contributed by atoms with Gasteiger partial charge in [0.05, 0.1) is 0 Å². The van der Waals surface area contributed by atoms with Crippen LogP contribution in [-0.4, -0.2) is 87.2 Å². The fraction of sp³-hybridized carbons (Fsp3) is 0.882. The van der Waals surface area contributed by atoms with Gasteiger partial charge < -0.3 is 25.2 Å². The minimum absolute atomic E-state index is 0. The van der Waals surface area contributed by atoms with Crippen molar-refractivity contribution < 1.29 is 9.53 Å². The topological polar surface area (TPSA) is 69.2 Å². The number of rotatable bonds is 5. The zero-order valence-corrected chi connectivity index (χ0v) is 18.3. The van der Waals surface area contributed by atoms with Crippen molar-refractivity contribution >= 4 is 35.8 Å². The molecule has 2 aliphatic heterocycles. The summed E-state index contributed by atoms with van der Waals surface area (Å²) in [5.41, 5.74) is 0.107. The lowest BCUT2D eigenvalue weighted by Gasteiger charge is -2.43. The van der Waals surface area contributed by atoms with E-state index in [0.717, 1.165) is 58.1 Å². The molecule has 2 fully saturated rings. The van der Waals surface area contributed by atoms with E-state index in [1.54, 1.807) is 7.05 Å². The van der Waals surface area contributed by atoms with Crippen molar-refractivity contribution in [1.29, 1.82) is 0 Å². The summed E-state index contributed by atoms with van der Waals surface area (Å²) in [5.74, 6) is 1.05. The van der Waals surface area contributed by atoms with Gasteiger partial charge in [0.1, 0.15) is 0 Å². The molecule has 0 bridgehead atoms. The Balaban J connectivity index is 0.00000312. The van der Waals surface area contributed by atoms with Gasteiger partial charge in [-0.05, 0) is 33.4 Å². The summed E-state index contributed by atoms with van der Waals surface area (Å²) < 4.78 is 5.52. The summed E-state index contributed by atoms with van der Waals surface area (Å²) in [4.78, 5) is 20.4. The Kier molecular flexibility index (Phi) is 9.44. The zero-order valence-electron chi connectivity index (χ0n) is 16.0. The van der Waals surface area contributed by atoms with Crippen LogP contribution in [-0.2, 0) is 9.53 Å². The first-order valence-electron chi connectivity index (χ1n) is 9.01. The molecule has 0 aromatic heterocycles. The Morgan fingerprint density at radius 3 is 2.60 bits per heavy atom. The van der Waals surface area contributed by atoms with Crippen molar-refractivity contribution in [2.45, 2.75) is 44.2 Å². The largest absolute Gasteiger partial charge is 0.381 e. The number of guanidine groups is 1. The maximum absolute atomic E-state index is 11.8. The second kappa shape index (κ2) is 10.5. The molecule has 0 aromatic rings. The van der Waals surface area contributed by atoms with E-state index in [1.807, 2.05) is 11.8 Å². The Morgan fingerprint density at radius 2 is 2.04 bits per heavy atom. The van der Waals surface area contributed by atoms with Gasteiger partial charge in [-0.25, -0.2) is 0 Å². The number of halogens is 1. The fourth-order valence-electron chi connectivity index (χ4n) is 3.50. The van der Waals surface area contributed by atoms with Crippen molar-refractivity contribution in [2.75, 3.05) is 54.0 Å². The van der Waals surface area contributed by atoms with Gasteiger partial charge in [0.2, 0.25) is 5.91 Å². The van der Waals surface area contributed by atoms with Crippen LogP contribution in [0.25, 0.3) is 0 Å². The quantitative estimate of drug-likeness (QED) is 0.357. The van der Waals surface area contributed by atoms with Crippen molar-refractivity contribution in [3.63, 3.8) is 0 Å². The molecule has 0 aromatic carbocycles. The molecule has 8 heteroatoms. The van der Waals surface area contributed by atoms with Crippen LogP contribution in [0.2, 0.25) is 0 Å². The van der Waals surface area contributed by atoms with Crippen molar-refractivity contribution in [3.8, 4) is 0 Å². The third-order valence-electron chi connectivity index (χ3n) is 5.36. The molecule has 1 unspecified atom stereocenters. The van der Waals surface area contributed by atoms with E-state index in [4.69, 9.17) is 4.74 Å². The highest BCUT2D eigenvalue weighted by Gasteiger charge is 2.35. The number of likely N-dealkylation sites (N-methyl/N-ethyl adjacent to an activating group) is 1. The number of carbonyl (C=O) groups excluding carboxylic acids is 1. The first-order valence-corrected chi connectivity index (χ1v) is 9.01. The number of ether oxygens (including phenoxy) is 1. The van der Waals surface area contributed by atoms with Crippen LogP contribution in [0.3, 0.4) is 0 Å². The Labute approximate surface area is 169 Å². The molecule has 0 aliphatic carbocycles. The van der Waals surface area contributed by atoms with Crippen LogP contribution < -0.4 is 10.6 Å². The van der Waals surface area contributed by atoms with E-state index >= 15 is 0 Å². The zero-order chi connectivity index (χ0) is 17.6. The van der Waals surface area contributed by atoms with Gasteiger partial charge in [-0.1, -0.05) is 6.92 Å². The normalized spacial score (nSPS) is 23.3. The summed E-state index contributed by atoms with van der Waals surface area (Å²) in [6.07, 6.45) is 3.59. The number of hydrogen-bond acceptors (Lipinski definition) is 4. The minimum Gasteiger partial charge on any atom is -0.381 e. The van der Waals surface area contributed by atoms with Crippen LogP contribution in [0.15, 0.2) is 4.99 Å². The number of amides is 1. The second-order valence-electron chi connectivity index (χ2n) is 6.98. The molecule has 2 N–H and O–H groups in total. The van der Waals surface area contributed by atoms with Crippen molar-refractivity contribution in [2.24, 2.45) is 4.99 Å². The molecule has 0 radical (unpaired) electrons. The second-order valence-corrected chi connectivity index (χ2v) is 6.98. The Hall–Kier alpha value is -0.610. The van der Waals surface area contributed by atoms with Crippen LogP contribution in [0, 0.1) is 0 Å². The SMILES string of the molecule is CCC(=O)N1CCC(NC(=NC)NCC2(N(C)C)CCOCC2)C1.I. The number of likely N-dealkylation sites (tertiary alicyclic amines) is 1. The van der Waals surface area contributed by atoms with E-state index < -0.39 is 0 Å². The van der Waals surface area contributed by atoms with Gasteiger partial charge in [0.15, 0.2) is 5.96 Å². The molecule has 25 heavy (non-hydrogen) atoms. The molecule has 2 heterocycles. The average molecular weight is 467 g/mol. The van der Waals surface area contributed by atoms with Crippen molar-refractivity contribution in [3.05, 3.63) is 0 Å². The fourth-order valence-corrected chi connectivity index (χ4v) is 3.50. The van der Waals surface area contributed by atoms with Crippen molar-refractivity contribution in [1.82, 2.24) is 20.4 Å². The highest BCUT2D eigenvalue weighted by molar-refractivity contribution is 14.0. The van der Waals surface area contributed by atoms with E-state index in [0.29, 0.717) is 6.42 Å². The third-order valence-corrected chi connectivity index (χ3v) is 5.36. The lowest BCUT2D eigenvalue weighted by atomic mass is 9.88. The van der Waals surface area contributed by atoms with E-state index in [1.165, 1.54) is 0 Å². The first kappa shape index (κ1) is 22.4. The van der Waals surface area contributed by atoms with Gasteiger partial charge in [-0.2, -0.15) is 0 Å². The van der Waals surface area contributed by atoms with E-state index in [2.05, 4.69) is 34.6 Å². The highest BCUT2D eigenvalue weighted by Crippen LogP contribution is 2.25. The monoisotopic (exact) mass is 467 g/mol. The molecule has 2 rings (SSSR count). The van der Waals surface area contributed by atoms with Gasteiger partial charge in [-0.15, -0.1) is 24.0 Å². The molecule has 2 aliphatic rings. The predicted octanol–water partition coefficient (Wildman–Crippen LogP) is 0.891. The molecule has 1 atom stereocenters. The number of nitrogens with one attached hydrogen (secondary N) is 2. The van der Waals surface area contributed by atoms with Gasteiger partial charge in [-0.3, -0.25) is 9.79 Å². The summed E-state index contributed by atoms with van der Waals surface area (Å²) in [6, 6.07) is 0.275. The summed E-state index contributed by atoms with van der Waals surface area (Å²) in [5, 5.41) is 6.95.